The standard InChI is InChI=1S/C19H22N2O3/c22-18(13-9-10-13)20-16-14-7-3-4-8-15(14)24-17(16)19(23)21-11-5-1-2-6-12-21/h3-4,7-8,13H,1-2,5-6,9-12H2,(H,20,22). The highest BCUT2D eigenvalue weighted by molar-refractivity contribution is 6.11. The van der Waals surface area contributed by atoms with Crippen LogP contribution >= 0.6 is 0 Å². The van der Waals surface area contributed by atoms with Crippen LogP contribution in [0.3, 0.4) is 0 Å². The molecule has 1 aliphatic heterocycles. The van der Waals surface area contributed by atoms with E-state index in [1.807, 2.05) is 29.2 Å². The van der Waals surface area contributed by atoms with Crippen molar-refractivity contribution in [3.05, 3.63) is 30.0 Å². The van der Waals surface area contributed by atoms with Crippen molar-refractivity contribution in [2.45, 2.75) is 38.5 Å². The van der Waals surface area contributed by atoms with Gasteiger partial charge in [-0.1, -0.05) is 25.0 Å². The molecule has 0 atom stereocenters. The third kappa shape index (κ3) is 2.90. The van der Waals surface area contributed by atoms with Crippen molar-refractivity contribution < 1.29 is 14.0 Å². The molecule has 1 N–H and O–H groups in total. The smallest absolute Gasteiger partial charge is 0.291 e. The Morgan fingerprint density at radius 1 is 1.04 bits per heavy atom. The third-order valence-corrected chi connectivity index (χ3v) is 4.88. The van der Waals surface area contributed by atoms with Crippen LogP contribution in [0, 0.1) is 5.92 Å². The highest BCUT2D eigenvalue weighted by atomic mass is 16.3. The lowest BCUT2D eigenvalue weighted by Crippen LogP contribution is -2.32. The second-order valence-corrected chi connectivity index (χ2v) is 6.77. The molecule has 5 heteroatoms. The molecule has 2 aromatic rings. The number of carbonyl (C=O) groups is 2. The highest BCUT2D eigenvalue weighted by Gasteiger charge is 2.33. The summed E-state index contributed by atoms with van der Waals surface area (Å²) in [6.07, 6.45) is 6.23. The molecule has 1 aromatic heterocycles. The van der Waals surface area contributed by atoms with E-state index in [1.54, 1.807) is 0 Å². The van der Waals surface area contributed by atoms with Gasteiger partial charge in [0.2, 0.25) is 11.7 Å². The lowest BCUT2D eigenvalue weighted by atomic mass is 10.2. The molecule has 24 heavy (non-hydrogen) atoms. The van der Waals surface area contributed by atoms with Crippen LogP contribution in [0.2, 0.25) is 0 Å². The molecule has 1 saturated heterocycles. The number of nitrogens with zero attached hydrogens (tertiary/aromatic N) is 1. The lowest BCUT2D eigenvalue weighted by Gasteiger charge is -2.19. The molecule has 4 rings (SSSR count). The van der Waals surface area contributed by atoms with E-state index in [4.69, 9.17) is 4.42 Å². The van der Waals surface area contributed by atoms with E-state index in [0.717, 1.165) is 57.0 Å². The van der Waals surface area contributed by atoms with Crippen molar-refractivity contribution in [3.63, 3.8) is 0 Å². The number of nitrogens with one attached hydrogen (secondary N) is 1. The van der Waals surface area contributed by atoms with E-state index in [2.05, 4.69) is 5.32 Å². The Morgan fingerprint density at radius 2 is 1.75 bits per heavy atom. The Balaban J connectivity index is 1.69. The largest absolute Gasteiger partial charge is 0.449 e. The monoisotopic (exact) mass is 326 g/mol. The minimum atomic E-state index is -0.112. The van der Waals surface area contributed by atoms with Gasteiger partial charge in [0.25, 0.3) is 5.91 Å². The molecular formula is C19H22N2O3. The Labute approximate surface area is 141 Å². The van der Waals surface area contributed by atoms with Crippen LogP contribution in [0.25, 0.3) is 11.0 Å². The summed E-state index contributed by atoms with van der Waals surface area (Å²) in [5.74, 6) is 0.234. The predicted octanol–water partition coefficient (Wildman–Crippen LogP) is 3.80. The van der Waals surface area contributed by atoms with Crippen molar-refractivity contribution in [2.24, 2.45) is 5.92 Å². The molecule has 0 radical (unpaired) electrons. The fraction of sp³-hybridized carbons (Fsp3) is 0.474. The first-order chi connectivity index (χ1) is 11.7. The maximum absolute atomic E-state index is 13.0. The maximum Gasteiger partial charge on any atom is 0.291 e. The number of hydrogen-bond acceptors (Lipinski definition) is 3. The van der Waals surface area contributed by atoms with Crippen molar-refractivity contribution >= 4 is 28.5 Å². The van der Waals surface area contributed by atoms with Gasteiger partial charge in [-0.05, 0) is 37.8 Å². The zero-order valence-electron chi connectivity index (χ0n) is 13.7. The minimum absolute atomic E-state index is 0.00790. The SMILES string of the molecule is O=C(Nc1c(C(=O)N2CCCCCC2)oc2ccccc12)C1CC1. The number of furan rings is 1. The zero-order valence-corrected chi connectivity index (χ0v) is 13.7. The maximum atomic E-state index is 13.0. The molecular weight excluding hydrogens is 304 g/mol. The Bertz CT molecular complexity index is 768. The van der Waals surface area contributed by atoms with E-state index in [9.17, 15) is 9.59 Å². The van der Waals surface area contributed by atoms with Crippen LogP contribution in [0.1, 0.15) is 49.1 Å². The molecule has 1 aliphatic carbocycles. The average Bonchev–Trinajstić information content (AvgIpc) is 3.41. The van der Waals surface area contributed by atoms with Gasteiger partial charge in [0.05, 0.1) is 0 Å². The van der Waals surface area contributed by atoms with Gasteiger partial charge in [-0.15, -0.1) is 0 Å². The van der Waals surface area contributed by atoms with Gasteiger partial charge in [-0.2, -0.15) is 0 Å². The lowest BCUT2D eigenvalue weighted by molar-refractivity contribution is -0.117. The summed E-state index contributed by atoms with van der Waals surface area (Å²) in [5.41, 5.74) is 1.18. The zero-order chi connectivity index (χ0) is 16.5. The van der Waals surface area contributed by atoms with E-state index in [-0.39, 0.29) is 23.5 Å². The Hall–Kier alpha value is -2.30. The molecule has 2 aliphatic rings. The molecule has 126 valence electrons. The van der Waals surface area contributed by atoms with E-state index >= 15 is 0 Å². The molecule has 0 unspecified atom stereocenters. The van der Waals surface area contributed by atoms with Crippen LogP contribution in [0.4, 0.5) is 5.69 Å². The van der Waals surface area contributed by atoms with Gasteiger partial charge >= 0.3 is 0 Å². The first-order valence-electron chi connectivity index (χ1n) is 8.86. The summed E-state index contributed by atoms with van der Waals surface area (Å²) in [6, 6.07) is 7.49. The average molecular weight is 326 g/mol. The number of amides is 2. The topological polar surface area (TPSA) is 62.6 Å². The molecule has 1 saturated carbocycles. The first kappa shape index (κ1) is 15.2. The normalized spacial score (nSPS) is 18.4. The number of likely N-dealkylation sites (tertiary alicyclic amines) is 1. The van der Waals surface area contributed by atoms with Crippen molar-refractivity contribution in [1.29, 1.82) is 0 Å². The quantitative estimate of drug-likeness (QED) is 0.933. The fourth-order valence-corrected chi connectivity index (χ4v) is 3.31. The van der Waals surface area contributed by atoms with E-state index in [1.165, 1.54) is 0 Å². The summed E-state index contributed by atoms with van der Waals surface area (Å²) < 4.78 is 5.85. The number of fused-ring (bicyclic) bond motifs is 1. The van der Waals surface area contributed by atoms with Gasteiger partial charge in [-0.3, -0.25) is 9.59 Å². The van der Waals surface area contributed by atoms with Gasteiger partial charge in [0, 0.05) is 24.4 Å². The summed E-state index contributed by atoms with van der Waals surface area (Å²) in [4.78, 5) is 27.1. The van der Waals surface area contributed by atoms with Gasteiger partial charge in [-0.25, -0.2) is 0 Å². The van der Waals surface area contributed by atoms with Crippen molar-refractivity contribution in [1.82, 2.24) is 4.90 Å². The number of benzene rings is 1. The molecule has 1 aromatic carbocycles. The summed E-state index contributed by atoms with van der Waals surface area (Å²) in [7, 11) is 0. The number of anilines is 1. The number of para-hydroxylation sites is 1. The van der Waals surface area contributed by atoms with Crippen molar-refractivity contribution in [2.75, 3.05) is 18.4 Å². The van der Waals surface area contributed by atoms with Crippen LogP contribution < -0.4 is 5.32 Å². The third-order valence-electron chi connectivity index (χ3n) is 4.88. The minimum Gasteiger partial charge on any atom is -0.449 e. The highest BCUT2D eigenvalue weighted by Crippen LogP contribution is 2.35. The summed E-state index contributed by atoms with van der Waals surface area (Å²) >= 11 is 0. The summed E-state index contributed by atoms with van der Waals surface area (Å²) in [6.45, 7) is 1.51. The number of rotatable bonds is 3. The molecule has 2 fully saturated rings. The molecule has 5 nitrogen and oxygen atoms in total. The second kappa shape index (κ2) is 6.30. The van der Waals surface area contributed by atoms with E-state index in [0.29, 0.717) is 11.3 Å². The van der Waals surface area contributed by atoms with Crippen molar-refractivity contribution in [3.8, 4) is 0 Å². The van der Waals surface area contributed by atoms with Crippen LogP contribution in [0.15, 0.2) is 28.7 Å². The second-order valence-electron chi connectivity index (χ2n) is 6.77. The van der Waals surface area contributed by atoms with Crippen LogP contribution in [-0.4, -0.2) is 29.8 Å². The first-order valence-corrected chi connectivity index (χ1v) is 8.86. The van der Waals surface area contributed by atoms with Crippen LogP contribution in [-0.2, 0) is 4.79 Å². The van der Waals surface area contributed by atoms with Gasteiger partial charge in [0.15, 0.2) is 0 Å². The fourth-order valence-electron chi connectivity index (χ4n) is 3.31. The van der Waals surface area contributed by atoms with Crippen LogP contribution in [0.5, 0.6) is 0 Å². The predicted molar refractivity (Wildman–Crippen MR) is 91.9 cm³/mol. The number of carbonyl (C=O) groups excluding carboxylic acids is 2. The summed E-state index contributed by atoms with van der Waals surface area (Å²) in [5, 5.41) is 3.75. The Kier molecular flexibility index (Phi) is 4.00. The van der Waals surface area contributed by atoms with E-state index < -0.39 is 0 Å². The van der Waals surface area contributed by atoms with Gasteiger partial charge < -0.3 is 14.6 Å². The van der Waals surface area contributed by atoms with Gasteiger partial charge in [0.1, 0.15) is 11.3 Å². The molecule has 2 heterocycles. The molecule has 0 spiro atoms. The Morgan fingerprint density at radius 3 is 2.46 bits per heavy atom. The number of hydrogen-bond donors (Lipinski definition) is 1. The molecule has 2 amide bonds. The molecule has 0 bridgehead atoms.